The first kappa shape index (κ1) is 6.97. The molecule has 0 saturated carbocycles. The zero-order valence-electron chi connectivity index (χ0n) is 5.95. The zero-order chi connectivity index (χ0) is 7.84. The second-order valence-electron chi connectivity index (χ2n) is 2.50. The molecule has 0 unspecified atom stereocenters. The van der Waals surface area contributed by atoms with E-state index in [0.717, 1.165) is 17.1 Å². The van der Waals surface area contributed by atoms with E-state index >= 15 is 0 Å². The van der Waals surface area contributed by atoms with Crippen LogP contribution in [0.25, 0.3) is 0 Å². The lowest BCUT2D eigenvalue weighted by molar-refractivity contribution is 0.508. The summed E-state index contributed by atoms with van der Waals surface area (Å²) >= 11 is 1.50. The summed E-state index contributed by atoms with van der Waals surface area (Å²) in [6, 6.07) is 5.89. The van der Waals surface area contributed by atoms with Crippen LogP contribution in [0.3, 0.4) is 0 Å². The van der Waals surface area contributed by atoms with Gasteiger partial charge < -0.3 is 5.73 Å². The molecule has 1 aromatic rings. The fraction of sp³-hybridized carbons (Fsp3) is 0.143. The number of hydrogen-bond acceptors (Lipinski definition) is 4. The predicted octanol–water partition coefficient (Wildman–Crippen LogP) is 0.965. The third-order valence-electron chi connectivity index (χ3n) is 1.66. The lowest BCUT2D eigenvalue weighted by Crippen LogP contribution is -2.17. The Bertz CT molecular complexity index is 287. The van der Waals surface area contributed by atoms with Crippen LogP contribution in [0.15, 0.2) is 23.1 Å². The summed E-state index contributed by atoms with van der Waals surface area (Å²) in [6.45, 7) is 0.783. The minimum atomic E-state index is 0.783. The SMILES string of the molecule is Nc1cccc2c1SN(N)C2. The molecule has 1 aliphatic rings. The molecular weight excluding hydrogens is 158 g/mol. The zero-order valence-corrected chi connectivity index (χ0v) is 6.77. The number of anilines is 1. The van der Waals surface area contributed by atoms with Crippen LogP contribution in [0.5, 0.6) is 0 Å². The molecule has 0 atom stereocenters. The standard InChI is InChI=1S/C7H9N3S/c8-6-3-1-2-5-4-10(9)11-7(5)6/h1-3H,4,8-9H2. The fourth-order valence-corrected chi connectivity index (χ4v) is 2.02. The van der Waals surface area contributed by atoms with Gasteiger partial charge in [0, 0.05) is 5.69 Å². The van der Waals surface area contributed by atoms with Gasteiger partial charge in [-0.1, -0.05) is 12.1 Å². The molecule has 58 valence electrons. The van der Waals surface area contributed by atoms with E-state index < -0.39 is 0 Å². The lowest BCUT2D eigenvalue weighted by Gasteiger charge is -2.01. The molecule has 4 heteroatoms. The van der Waals surface area contributed by atoms with Crippen molar-refractivity contribution in [2.24, 2.45) is 5.84 Å². The van der Waals surface area contributed by atoms with E-state index in [-0.39, 0.29) is 0 Å². The Morgan fingerprint density at radius 1 is 1.45 bits per heavy atom. The molecule has 0 bridgehead atoms. The minimum Gasteiger partial charge on any atom is -0.398 e. The molecule has 0 amide bonds. The Morgan fingerprint density at radius 3 is 3.00 bits per heavy atom. The van der Waals surface area contributed by atoms with E-state index in [2.05, 4.69) is 0 Å². The molecule has 3 nitrogen and oxygen atoms in total. The first-order valence-corrected chi connectivity index (χ1v) is 4.12. The molecule has 0 saturated heterocycles. The van der Waals surface area contributed by atoms with Crippen molar-refractivity contribution in [1.29, 1.82) is 0 Å². The number of hydrogen-bond donors (Lipinski definition) is 2. The van der Waals surface area contributed by atoms with Gasteiger partial charge in [-0.2, -0.15) is 4.41 Å². The highest BCUT2D eigenvalue weighted by Gasteiger charge is 2.18. The van der Waals surface area contributed by atoms with Crippen molar-refractivity contribution in [3.8, 4) is 0 Å². The average molecular weight is 167 g/mol. The van der Waals surface area contributed by atoms with Crippen molar-refractivity contribution in [2.45, 2.75) is 11.4 Å². The van der Waals surface area contributed by atoms with Gasteiger partial charge in [0.25, 0.3) is 0 Å². The maximum atomic E-state index is 5.73. The van der Waals surface area contributed by atoms with Crippen LogP contribution in [-0.2, 0) is 6.54 Å². The van der Waals surface area contributed by atoms with Gasteiger partial charge in [-0.25, -0.2) is 0 Å². The van der Waals surface area contributed by atoms with Crippen LogP contribution in [0.1, 0.15) is 5.56 Å². The van der Waals surface area contributed by atoms with Crippen LogP contribution < -0.4 is 11.6 Å². The third kappa shape index (κ3) is 1.09. The van der Waals surface area contributed by atoms with E-state index in [1.54, 1.807) is 4.41 Å². The van der Waals surface area contributed by atoms with E-state index in [1.165, 1.54) is 17.5 Å². The molecule has 0 spiro atoms. The van der Waals surface area contributed by atoms with Gasteiger partial charge in [0.2, 0.25) is 0 Å². The van der Waals surface area contributed by atoms with Gasteiger partial charge in [-0.15, -0.1) is 0 Å². The number of fused-ring (bicyclic) bond motifs is 1. The van der Waals surface area contributed by atoms with Crippen molar-refractivity contribution < 1.29 is 0 Å². The van der Waals surface area contributed by atoms with Gasteiger partial charge in [0.15, 0.2) is 0 Å². The largest absolute Gasteiger partial charge is 0.398 e. The Hall–Kier alpha value is -0.710. The van der Waals surface area contributed by atoms with Crippen LogP contribution in [0.4, 0.5) is 5.69 Å². The van der Waals surface area contributed by atoms with Gasteiger partial charge in [0.1, 0.15) is 0 Å². The van der Waals surface area contributed by atoms with Crippen molar-refractivity contribution in [2.75, 3.05) is 5.73 Å². The van der Waals surface area contributed by atoms with Gasteiger partial charge in [-0.05, 0) is 23.6 Å². The Labute approximate surface area is 69.5 Å². The van der Waals surface area contributed by atoms with E-state index in [4.69, 9.17) is 11.6 Å². The molecule has 1 aliphatic heterocycles. The summed E-state index contributed by atoms with van der Waals surface area (Å²) in [7, 11) is 0. The van der Waals surface area contributed by atoms with Gasteiger partial charge in [0.05, 0.1) is 11.4 Å². The smallest absolute Gasteiger partial charge is 0.0518 e. The van der Waals surface area contributed by atoms with Crippen LogP contribution in [-0.4, -0.2) is 4.41 Å². The first-order chi connectivity index (χ1) is 5.27. The molecule has 0 aliphatic carbocycles. The number of hydrazine groups is 1. The van der Waals surface area contributed by atoms with E-state index in [1.807, 2.05) is 18.2 Å². The number of rotatable bonds is 0. The van der Waals surface area contributed by atoms with Crippen LogP contribution in [0.2, 0.25) is 0 Å². The second kappa shape index (κ2) is 2.41. The fourth-order valence-electron chi connectivity index (χ4n) is 1.16. The van der Waals surface area contributed by atoms with E-state index in [9.17, 15) is 0 Å². The molecule has 0 fully saturated rings. The molecule has 0 aromatic heterocycles. The molecule has 4 N–H and O–H groups in total. The average Bonchev–Trinajstić information content (AvgIpc) is 2.31. The Kier molecular flexibility index (Phi) is 1.52. The van der Waals surface area contributed by atoms with Crippen LogP contribution >= 0.6 is 11.9 Å². The number of nitrogen functional groups attached to an aromatic ring is 1. The van der Waals surface area contributed by atoms with Gasteiger partial charge in [-0.3, -0.25) is 5.84 Å². The highest BCUT2D eigenvalue weighted by molar-refractivity contribution is 7.97. The van der Waals surface area contributed by atoms with E-state index in [0.29, 0.717) is 0 Å². The Morgan fingerprint density at radius 2 is 2.27 bits per heavy atom. The van der Waals surface area contributed by atoms with Crippen molar-refractivity contribution in [1.82, 2.24) is 4.41 Å². The summed E-state index contributed by atoms with van der Waals surface area (Å²) in [5.41, 5.74) is 7.77. The highest BCUT2D eigenvalue weighted by Crippen LogP contribution is 2.36. The lowest BCUT2D eigenvalue weighted by atomic mass is 10.2. The van der Waals surface area contributed by atoms with Crippen molar-refractivity contribution in [3.05, 3.63) is 23.8 Å². The predicted molar refractivity (Wildman–Crippen MR) is 46.4 cm³/mol. The summed E-state index contributed by atoms with van der Waals surface area (Å²) in [6.07, 6.45) is 0. The number of nitrogens with zero attached hydrogens (tertiary/aromatic N) is 1. The Balaban J connectivity index is 2.49. The molecule has 0 radical (unpaired) electrons. The molecule has 11 heavy (non-hydrogen) atoms. The first-order valence-electron chi connectivity index (χ1n) is 3.35. The molecular formula is C7H9N3S. The van der Waals surface area contributed by atoms with Crippen molar-refractivity contribution >= 4 is 17.6 Å². The quantitative estimate of drug-likeness (QED) is 0.343. The normalized spacial score (nSPS) is 16.8. The summed E-state index contributed by atoms with van der Waals surface area (Å²) < 4.78 is 1.68. The summed E-state index contributed by atoms with van der Waals surface area (Å²) in [4.78, 5) is 1.11. The highest BCUT2D eigenvalue weighted by atomic mass is 32.2. The second-order valence-corrected chi connectivity index (χ2v) is 3.56. The third-order valence-corrected chi connectivity index (χ3v) is 2.71. The van der Waals surface area contributed by atoms with Gasteiger partial charge >= 0.3 is 0 Å². The minimum absolute atomic E-state index is 0.783. The van der Waals surface area contributed by atoms with Crippen molar-refractivity contribution in [3.63, 3.8) is 0 Å². The number of benzene rings is 1. The monoisotopic (exact) mass is 167 g/mol. The summed E-state index contributed by atoms with van der Waals surface area (Å²) in [5, 5.41) is 0. The number of nitrogens with two attached hydrogens (primary N) is 2. The molecule has 2 rings (SSSR count). The summed E-state index contributed by atoms with van der Waals surface area (Å²) in [5.74, 6) is 5.59. The maximum absolute atomic E-state index is 5.73. The molecule has 1 aromatic carbocycles. The maximum Gasteiger partial charge on any atom is 0.0518 e. The molecule has 1 heterocycles. The van der Waals surface area contributed by atoms with Crippen LogP contribution in [0, 0.1) is 0 Å². The topological polar surface area (TPSA) is 55.3 Å².